The van der Waals surface area contributed by atoms with Crippen LogP contribution < -0.4 is 5.32 Å². The van der Waals surface area contributed by atoms with Gasteiger partial charge >= 0.3 is 0 Å². The van der Waals surface area contributed by atoms with E-state index in [1.54, 1.807) is 7.05 Å². The molecule has 0 bridgehead atoms. The number of nitrogens with zero attached hydrogens (tertiary/aromatic N) is 2. The van der Waals surface area contributed by atoms with Gasteiger partial charge in [0.05, 0.1) is 4.92 Å². The number of nitrogens with one attached hydrogen (secondary N) is 1. The van der Waals surface area contributed by atoms with Gasteiger partial charge in [0.25, 0.3) is 17.5 Å². The van der Waals surface area contributed by atoms with Crippen LogP contribution in [0.1, 0.15) is 20.7 Å². The quantitative estimate of drug-likeness (QED) is 0.472. The SMILES string of the molecule is C=CCNC(=O)c1cc(C(=O)N(C)CC=C)cc([N+](=O)[O-])c1. The van der Waals surface area contributed by atoms with Crippen molar-refractivity contribution in [2.45, 2.75) is 0 Å². The number of carbonyl (C=O) groups excluding carboxylic acids is 2. The number of nitro groups is 1. The molecule has 0 heterocycles. The average Bonchev–Trinajstić information content (AvgIpc) is 2.51. The van der Waals surface area contributed by atoms with Crippen molar-refractivity contribution >= 4 is 17.5 Å². The lowest BCUT2D eigenvalue weighted by Gasteiger charge is -2.15. The molecule has 0 radical (unpaired) electrons. The lowest BCUT2D eigenvalue weighted by Crippen LogP contribution is -2.28. The third-order valence-corrected chi connectivity index (χ3v) is 2.79. The molecule has 0 aliphatic carbocycles. The highest BCUT2D eigenvalue weighted by Gasteiger charge is 2.19. The summed E-state index contributed by atoms with van der Waals surface area (Å²) in [6.07, 6.45) is 3.02. The van der Waals surface area contributed by atoms with E-state index in [0.29, 0.717) is 6.54 Å². The monoisotopic (exact) mass is 303 g/mol. The molecule has 0 atom stereocenters. The van der Waals surface area contributed by atoms with E-state index in [-0.39, 0.29) is 23.4 Å². The maximum atomic E-state index is 12.2. The van der Waals surface area contributed by atoms with E-state index in [4.69, 9.17) is 0 Å². The molecule has 1 aromatic carbocycles. The van der Waals surface area contributed by atoms with Crippen molar-refractivity contribution < 1.29 is 14.5 Å². The van der Waals surface area contributed by atoms with Gasteiger partial charge in [0.15, 0.2) is 0 Å². The van der Waals surface area contributed by atoms with E-state index < -0.39 is 16.7 Å². The number of amides is 2. The van der Waals surface area contributed by atoms with Gasteiger partial charge in [-0.15, -0.1) is 13.2 Å². The third-order valence-electron chi connectivity index (χ3n) is 2.79. The molecule has 0 saturated heterocycles. The first-order valence-corrected chi connectivity index (χ1v) is 6.45. The number of non-ortho nitro benzene ring substituents is 1. The van der Waals surface area contributed by atoms with Crippen LogP contribution in [-0.4, -0.2) is 41.8 Å². The first-order chi connectivity index (χ1) is 10.4. The van der Waals surface area contributed by atoms with Gasteiger partial charge in [-0.25, -0.2) is 0 Å². The summed E-state index contributed by atoms with van der Waals surface area (Å²) in [5.74, 6) is -0.939. The average molecular weight is 303 g/mol. The zero-order valence-electron chi connectivity index (χ0n) is 12.2. The lowest BCUT2D eigenvalue weighted by atomic mass is 10.1. The fourth-order valence-corrected chi connectivity index (χ4v) is 1.74. The number of carbonyl (C=O) groups is 2. The molecule has 7 heteroatoms. The second kappa shape index (κ2) is 7.72. The Hall–Kier alpha value is -2.96. The molecule has 116 valence electrons. The molecule has 2 amide bonds. The smallest absolute Gasteiger partial charge is 0.271 e. The number of hydrogen-bond acceptors (Lipinski definition) is 4. The summed E-state index contributed by atoms with van der Waals surface area (Å²) >= 11 is 0. The zero-order chi connectivity index (χ0) is 16.7. The maximum Gasteiger partial charge on any atom is 0.271 e. The van der Waals surface area contributed by atoms with E-state index in [9.17, 15) is 19.7 Å². The molecule has 0 spiro atoms. The molecule has 0 fully saturated rings. The Kier molecular flexibility index (Phi) is 6.00. The second-order valence-corrected chi connectivity index (χ2v) is 4.50. The summed E-state index contributed by atoms with van der Waals surface area (Å²) in [5.41, 5.74) is -0.199. The topological polar surface area (TPSA) is 92.6 Å². The van der Waals surface area contributed by atoms with Gasteiger partial charge in [0.1, 0.15) is 0 Å². The summed E-state index contributed by atoms with van der Waals surface area (Å²) in [7, 11) is 1.54. The van der Waals surface area contributed by atoms with Crippen molar-refractivity contribution in [3.8, 4) is 0 Å². The molecule has 22 heavy (non-hydrogen) atoms. The van der Waals surface area contributed by atoms with Gasteiger partial charge in [-0.2, -0.15) is 0 Å². The van der Waals surface area contributed by atoms with Crippen molar-refractivity contribution in [3.63, 3.8) is 0 Å². The maximum absolute atomic E-state index is 12.2. The lowest BCUT2D eigenvalue weighted by molar-refractivity contribution is -0.384. The molecule has 0 aliphatic heterocycles. The van der Waals surface area contributed by atoms with E-state index in [2.05, 4.69) is 18.5 Å². The summed E-state index contributed by atoms with van der Waals surface area (Å²) in [6.45, 7) is 7.51. The highest BCUT2D eigenvalue weighted by Crippen LogP contribution is 2.18. The minimum Gasteiger partial charge on any atom is -0.349 e. The van der Waals surface area contributed by atoms with Gasteiger partial charge in [0, 0.05) is 43.4 Å². The van der Waals surface area contributed by atoms with Gasteiger partial charge < -0.3 is 10.2 Å². The van der Waals surface area contributed by atoms with Gasteiger partial charge in [-0.3, -0.25) is 19.7 Å². The number of likely N-dealkylation sites (N-methyl/N-ethyl adjacent to an activating group) is 1. The minimum absolute atomic E-state index is 0.0476. The Labute approximate surface area is 128 Å². The number of benzene rings is 1. The predicted molar refractivity (Wildman–Crippen MR) is 82.8 cm³/mol. The Balaban J connectivity index is 3.22. The van der Waals surface area contributed by atoms with Crippen LogP contribution in [-0.2, 0) is 0 Å². The minimum atomic E-state index is -0.644. The standard InChI is InChI=1S/C15H17N3O4/c1-4-6-16-14(19)11-8-12(10-13(9-11)18(21)22)15(20)17(3)7-5-2/h4-5,8-10H,1-2,6-7H2,3H3,(H,16,19). The molecular weight excluding hydrogens is 286 g/mol. The van der Waals surface area contributed by atoms with Crippen LogP contribution in [0.5, 0.6) is 0 Å². The van der Waals surface area contributed by atoms with Crippen molar-refractivity contribution in [1.82, 2.24) is 10.2 Å². The summed E-state index contributed by atoms with van der Waals surface area (Å²) in [4.78, 5) is 35.8. The second-order valence-electron chi connectivity index (χ2n) is 4.50. The zero-order valence-corrected chi connectivity index (χ0v) is 12.2. The molecule has 7 nitrogen and oxygen atoms in total. The van der Waals surface area contributed by atoms with Crippen LogP contribution >= 0.6 is 0 Å². The van der Waals surface area contributed by atoms with E-state index in [1.165, 1.54) is 23.1 Å². The molecule has 0 aliphatic rings. The number of hydrogen-bond donors (Lipinski definition) is 1. The molecule has 1 rings (SSSR count). The largest absolute Gasteiger partial charge is 0.349 e. The Bertz CT molecular complexity index is 625. The third kappa shape index (κ3) is 4.27. The van der Waals surface area contributed by atoms with Crippen LogP contribution in [0, 0.1) is 10.1 Å². The molecule has 0 unspecified atom stereocenters. The molecule has 0 saturated carbocycles. The van der Waals surface area contributed by atoms with Crippen molar-refractivity contribution in [3.05, 3.63) is 64.8 Å². The number of nitro benzene ring substituents is 1. The van der Waals surface area contributed by atoms with Crippen molar-refractivity contribution in [1.29, 1.82) is 0 Å². The van der Waals surface area contributed by atoms with E-state index >= 15 is 0 Å². The van der Waals surface area contributed by atoms with E-state index in [1.807, 2.05) is 0 Å². The Morgan fingerprint density at radius 2 is 1.91 bits per heavy atom. The molecule has 1 aromatic rings. The Morgan fingerprint density at radius 1 is 1.27 bits per heavy atom. The first kappa shape index (κ1) is 17.1. The molecule has 0 aromatic heterocycles. The number of rotatable bonds is 7. The van der Waals surface area contributed by atoms with Crippen LogP contribution in [0.3, 0.4) is 0 Å². The summed E-state index contributed by atoms with van der Waals surface area (Å²) in [5, 5.41) is 13.5. The van der Waals surface area contributed by atoms with Crippen molar-refractivity contribution in [2.75, 3.05) is 20.1 Å². The first-order valence-electron chi connectivity index (χ1n) is 6.45. The van der Waals surface area contributed by atoms with Gasteiger partial charge in [0.2, 0.25) is 0 Å². The fourth-order valence-electron chi connectivity index (χ4n) is 1.74. The van der Waals surface area contributed by atoms with Gasteiger partial charge in [-0.05, 0) is 6.07 Å². The summed E-state index contributed by atoms with van der Waals surface area (Å²) < 4.78 is 0. The van der Waals surface area contributed by atoms with Crippen LogP contribution in [0.25, 0.3) is 0 Å². The Morgan fingerprint density at radius 3 is 2.45 bits per heavy atom. The van der Waals surface area contributed by atoms with Crippen molar-refractivity contribution in [2.24, 2.45) is 0 Å². The van der Waals surface area contributed by atoms with E-state index in [0.717, 1.165) is 12.1 Å². The predicted octanol–water partition coefficient (Wildman–Crippen LogP) is 1.77. The van der Waals surface area contributed by atoms with Crippen LogP contribution in [0.4, 0.5) is 5.69 Å². The van der Waals surface area contributed by atoms with Crippen LogP contribution in [0.15, 0.2) is 43.5 Å². The summed E-state index contributed by atoms with van der Waals surface area (Å²) in [6, 6.07) is 3.60. The normalized spacial score (nSPS) is 9.68. The highest BCUT2D eigenvalue weighted by atomic mass is 16.6. The molecular formula is C15H17N3O4. The van der Waals surface area contributed by atoms with Crippen LogP contribution in [0.2, 0.25) is 0 Å². The molecule has 1 N–H and O–H groups in total. The van der Waals surface area contributed by atoms with Gasteiger partial charge in [-0.1, -0.05) is 12.2 Å². The fraction of sp³-hybridized carbons (Fsp3) is 0.200. The highest BCUT2D eigenvalue weighted by molar-refractivity contribution is 6.00.